The number of methoxy groups -OCH3 is 1. The van der Waals surface area contributed by atoms with Gasteiger partial charge in [0, 0.05) is 23.7 Å². The van der Waals surface area contributed by atoms with E-state index in [-0.39, 0.29) is 17.4 Å². The molecule has 1 aromatic rings. The van der Waals surface area contributed by atoms with Crippen LogP contribution in [-0.2, 0) is 9.47 Å². The summed E-state index contributed by atoms with van der Waals surface area (Å²) in [5, 5.41) is 12.2. The number of rotatable bonds is 12. The smallest absolute Gasteiger partial charge is 0.408 e. The van der Waals surface area contributed by atoms with Gasteiger partial charge in [-0.2, -0.15) is 5.26 Å². The lowest BCUT2D eigenvalue weighted by molar-refractivity contribution is 0.0307. The van der Waals surface area contributed by atoms with Gasteiger partial charge in [0.15, 0.2) is 0 Å². The first-order valence-corrected chi connectivity index (χ1v) is 11.3. The van der Waals surface area contributed by atoms with Gasteiger partial charge in [-0.1, -0.05) is 44.4 Å². The second-order valence-electron chi connectivity index (χ2n) is 8.11. The van der Waals surface area contributed by atoms with Crippen molar-refractivity contribution in [3.8, 4) is 6.07 Å². The molecule has 0 radical (unpaired) electrons. The lowest BCUT2D eigenvalue weighted by Gasteiger charge is -2.34. The van der Waals surface area contributed by atoms with Crippen LogP contribution in [0.3, 0.4) is 0 Å². The molecule has 0 fully saturated rings. The zero-order valence-corrected chi connectivity index (χ0v) is 19.3. The molecule has 1 aromatic carbocycles. The molecule has 0 aromatic heterocycles. The number of nitrogens with zero attached hydrogens (tertiary/aromatic N) is 1. The predicted octanol–water partition coefficient (Wildman–Crippen LogP) is 5.94. The number of thioether (sulfide) groups is 1. The highest BCUT2D eigenvalue weighted by Gasteiger charge is 2.33. The van der Waals surface area contributed by atoms with E-state index in [4.69, 9.17) is 14.7 Å². The Morgan fingerprint density at radius 1 is 1.21 bits per heavy atom. The van der Waals surface area contributed by atoms with Crippen LogP contribution in [0.5, 0.6) is 0 Å². The fourth-order valence-corrected chi connectivity index (χ4v) is 4.44. The van der Waals surface area contributed by atoms with E-state index in [0.717, 1.165) is 30.6 Å². The molecule has 1 amide bonds. The van der Waals surface area contributed by atoms with E-state index in [1.165, 1.54) is 0 Å². The van der Waals surface area contributed by atoms with E-state index >= 15 is 0 Å². The summed E-state index contributed by atoms with van der Waals surface area (Å²) in [5.41, 5.74) is -0.575. The Balaban J connectivity index is 3.09. The zero-order chi connectivity index (χ0) is 21.7. The molecule has 0 saturated carbocycles. The van der Waals surface area contributed by atoms with E-state index in [1.54, 1.807) is 18.9 Å². The van der Waals surface area contributed by atoms with Gasteiger partial charge < -0.3 is 14.8 Å². The van der Waals surface area contributed by atoms with Crippen molar-refractivity contribution in [2.24, 2.45) is 0 Å². The normalized spacial score (nSPS) is 14.5. The van der Waals surface area contributed by atoms with Crippen molar-refractivity contribution >= 4 is 17.9 Å². The third-order valence-electron chi connectivity index (χ3n) is 4.45. The lowest BCUT2D eigenvalue weighted by atomic mass is 9.98. The van der Waals surface area contributed by atoms with Crippen molar-refractivity contribution in [2.45, 2.75) is 94.1 Å². The van der Waals surface area contributed by atoms with Gasteiger partial charge in [-0.15, -0.1) is 11.8 Å². The summed E-state index contributed by atoms with van der Waals surface area (Å²) >= 11 is 1.75. The number of nitriles is 1. The number of ether oxygens (including phenoxy) is 2. The molecule has 0 aliphatic carbocycles. The van der Waals surface area contributed by atoms with Crippen LogP contribution >= 0.6 is 11.8 Å². The van der Waals surface area contributed by atoms with Gasteiger partial charge in [0.2, 0.25) is 0 Å². The van der Waals surface area contributed by atoms with Crippen molar-refractivity contribution in [1.29, 1.82) is 5.26 Å². The maximum absolute atomic E-state index is 12.6. The van der Waals surface area contributed by atoms with E-state index < -0.39 is 11.7 Å². The number of carbonyl (C=O) groups is 1. The Hall–Kier alpha value is -1.71. The van der Waals surface area contributed by atoms with Crippen molar-refractivity contribution < 1.29 is 14.3 Å². The summed E-state index contributed by atoms with van der Waals surface area (Å²) in [5.74, 6) is 0. The number of benzene rings is 1. The predicted molar refractivity (Wildman–Crippen MR) is 119 cm³/mol. The maximum Gasteiger partial charge on any atom is 0.408 e. The number of unbranched alkanes of at least 4 members (excludes halogenated alkanes) is 2. The fourth-order valence-electron chi connectivity index (χ4n) is 3.10. The van der Waals surface area contributed by atoms with Crippen LogP contribution in [0.25, 0.3) is 0 Å². The van der Waals surface area contributed by atoms with Gasteiger partial charge in [0.05, 0.1) is 18.2 Å². The molecule has 0 saturated heterocycles. The first-order valence-electron chi connectivity index (χ1n) is 10.4. The van der Waals surface area contributed by atoms with Crippen LogP contribution in [0.15, 0.2) is 35.2 Å². The van der Waals surface area contributed by atoms with E-state index in [1.807, 2.05) is 39.0 Å². The number of amides is 1. The molecule has 0 heterocycles. The van der Waals surface area contributed by atoms with Crippen molar-refractivity contribution in [3.63, 3.8) is 0 Å². The van der Waals surface area contributed by atoms with Crippen LogP contribution < -0.4 is 5.32 Å². The molecule has 0 bridgehead atoms. The van der Waals surface area contributed by atoms with E-state index in [9.17, 15) is 4.79 Å². The quantitative estimate of drug-likeness (QED) is 0.335. The van der Waals surface area contributed by atoms with Crippen molar-refractivity contribution in [1.82, 2.24) is 5.32 Å². The molecule has 1 N–H and O–H groups in total. The summed E-state index contributed by atoms with van der Waals surface area (Å²) in [6.07, 6.45) is 4.52. The van der Waals surface area contributed by atoms with Crippen molar-refractivity contribution in [3.05, 3.63) is 30.3 Å². The Kier molecular flexibility index (Phi) is 11.8. The first-order chi connectivity index (χ1) is 13.8. The van der Waals surface area contributed by atoms with Crippen LogP contribution in [-0.4, -0.2) is 36.2 Å². The molecule has 29 heavy (non-hydrogen) atoms. The van der Waals surface area contributed by atoms with Crippen LogP contribution in [0.2, 0.25) is 0 Å². The third kappa shape index (κ3) is 10.6. The minimum Gasteiger partial charge on any atom is -0.444 e. The van der Waals surface area contributed by atoms with Crippen LogP contribution in [0, 0.1) is 11.3 Å². The van der Waals surface area contributed by atoms with E-state index in [2.05, 4.69) is 30.4 Å². The lowest BCUT2D eigenvalue weighted by Crippen LogP contribution is -2.51. The minimum absolute atomic E-state index is 0.111. The number of hydrogen-bond acceptors (Lipinski definition) is 5. The Morgan fingerprint density at radius 3 is 2.45 bits per heavy atom. The molecule has 0 aliphatic rings. The number of alkyl carbamates (subject to hydrolysis) is 1. The SMILES string of the molecule is CCCCC[C@H](Sc1ccccc1)[C@@H](NC(=O)OC(C)(C)C)[C@@H](CCC#N)OC. The van der Waals surface area contributed by atoms with Gasteiger partial charge >= 0.3 is 6.09 Å². The Morgan fingerprint density at radius 2 is 1.90 bits per heavy atom. The highest BCUT2D eigenvalue weighted by atomic mass is 32.2. The standard InChI is InChI=1S/C23H36N2O3S/c1-6-7-9-16-20(29-18-13-10-8-11-14-18)21(19(27-5)15-12-17-24)25-22(26)28-23(2,3)4/h8,10-11,13-14,19-21H,6-7,9,12,15-16H2,1-5H3,(H,25,26)/t19-,20+,21+/m1/s1. The summed E-state index contributed by atoms with van der Waals surface area (Å²) in [6.45, 7) is 7.73. The van der Waals surface area contributed by atoms with Crippen LogP contribution in [0.4, 0.5) is 4.79 Å². The molecule has 3 atom stereocenters. The fraction of sp³-hybridized carbons (Fsp3) is 0.652. The Labute approximate surface area is 180 Å². The number of nitrogens with one attached hydrogen (secondary N) is 1. The molecule has 0 spiro atoms. The van der Waals surface area contributed by atoms with Gasteiger partial charge in [0.1, 0.15) is 5.60 Å². The third-order valence-corrected chi connectivity index (χ3v) is 5.83. The molecular weight excluding hydrogens is 384 g/mol. The van der Waals surface area contributed by atoms with Gasteiger partial charge in [-0.25, -0.2) is 4.79 Å². The van der Waals surface area contributed by atoms with Crippen molar-refractivity contribution in [2.75, 3.05) is 7.11 Å². The average molecular weight is 421 g/mol. The van der Waals surface area contributed by atoms with Gasteiger partial charge in [-0.05, 0) is 45.7 Å². The Bertz CT molecular complexity index is 625. The monoisotopic (exact) mass is 420 g/mol. The topological polar surface area (TPSA) is 71.3 Å². The molecular formula is C23H36N2O3S. The minimum atomic E-state index is -0.575. The zero-order valence-electron chi connectivity index (χ0n) is 18.4. The largest absolute Gasteiger partial charge is 0.444 e. The molecule has 1 rings (SSSR count). The summed E-state index contributed by atoms with van der Waals surface area (Å²) in [4.78, 5) is 13.7. The molecule has 0 aliphatic heterocycles. The molecule has 5 nitrogen and oxygen atoms in total. The van der Waals surface area contributed by atoms with Gasteiger partial charge in [-0.3, -0.25) is 0 Å². The second kappa shape index (κ2) is 13.5. The first kappa shape index (κ1) is 25.3. The van der Waals surface area contributed by atoms with E-state index in [0.29, 0.717) is 12.8 Å². The highest BCUT2D eigenvalue weighted by Crippen LogP contribution is 2.32. The average Bonchev–Trinajstić information content (AvgIpc) is 2.66. The number of hydrogen-bond donors (Lipinski definition) is 1. The maximum atomic E-state index is 12.6. The molecule has 0 unspecified atom stereocenters. The second-order valence-corrected chi connectivity index (χ2v) is 9.42. The molecule has 6 heteroatoms. The molecule has 162 valence electrons. The summed E-state index contributed by atoms with van der Waals surface area (Å²) in [7, 11) is 1.64. The number of carbonyl (C=O) groups excluding carboxylic acids is 1. The summed E-state index contributed by atoms with van der Waals surface area (Å²) in [6, 6.07) is 12.1. The highest BCUT2D eigenvalue weighted by molar-refractivity contribution is 8.00. The van der Waals surface area contributed by atoms with Crippen LogP contribution in [0.1, 0.15) is 66.2 Å². The summed E-state index contributed by atoms with van der Waals surface area (Å²) < 4.78 is 11.2. The van der Waals surface area contributed by atoms with Gasteiger partial charge in [0.25, 0.3) is 0 Å².